The highest BCUT2D eigenvalue weighted by molar-refractivity contribution is 5.74. The molecule has 2 aromatic rings. The normalized spacial score (nSPS) is 21.2. The molecule has 0 spiro atoms. The van der Waals surface area contributed by atoms with Crippen LogP contribution in [0.4, 0.5) is 4.79 Å². The highest BCUT2D eigenvalue weighted by Crippen LogP contribution is 2.29. The second-order valence-electron chi connectivity index (χ2n) is 7.86. The van der Waals surface area contributed by atoms with Gasteiger partial charge in [0.2, 0.25) is 0 Å². The first kappa shape index (κ1) is 18.0. The van der Waals surface area contributed by atoms with Crippen molar-refractivity contribution in [1.82, 2.24) is 24.8 Å². The van der Waals surface area contributed by atoms with Gasteiger partial charge in [-0.3, -0.25) is 4.98 Å². The maximum Gasteiger partial charge on any atom is 0.317 e. The van der Waals surface area contributed by atoms with Crippen molar-refractivity contribution < 1.29 is 4.79 Å². The van der Waals surface area contributed by atoms with Crippen molar-refractivity contribution in [3.8, 4) is 11.4 Å². The third kappa shape index (κ3) is 3.99. The molecule has 1 atom stereocenters. The molecule has 3 heterocycles. The number of rotatable bonds is 3. The lowest BCUT2D eigenvalue weighted by molar-refractivity contribution is 0.161. The molecule has 1 saturated heterocycles. The number of carbonyl (C=O) groups excluding carboxylic acids is 1. The number of hydrogen-bond donors (Lipinski definition) is 1. The van der Waals surface area contributed by atoms with Crippen molar-refractivity contribution >= 4 is 6.03 Å². The highest BCUT2D eigenvalue weighted by Gasteiger charge is 2.28. The average molecular weight is 367 g/mol. The largest absolute Gasteiger partial charge is 0.335 e. The second-order valence-corrected chi connectivity index (χ2v) is 7.86. The minimum atomic E-state index is 0.106. The molecule has 6 heteroatoms. The Hall–Kier alpha value is -2.37. The van der Waals surface area contributed by atoms with E-state index in [0.29, 0.717) is 6.04 Å². The van der Waals surface area contributed by atoms with E-state index in [4.69, 9.17) is 0 Å². The van der Waals surface area contributed by atoms with Crippen LogP contribution in [0.1, 0.15) is 56.7 Å². The number of amides is 2. The van der Waals surface area contributed by atoms with Gasteiger partial charge < -0.3 is 14.8 Å². The Bertz CT molecular complexity index is 766. The fourth-order valence-corrected chi connectivity index (χ4v) is 4.48. The van der Waals surface area contributed by atoms with Gasteiger partial charge in [-0.15, -0.1) is 0 Å². The number of urea groups is 1. The number of carbonyl (C=O) groups is 1. The van der Waals surface area contributed by atoms with Crippen LogP contribution in [-0.2, 0) is 0 Å². The van der Waals surface area contributed by atoms with Crippen LogP contribution in [0.25, 0.3) is 11.4 Å². The lowest BCUT2D eigenvalue weighted by atomic mass is 9.95. The zero-order valence-corrected chi connectivity index (χ0v) is 16.1. The second kappa shape index (κ2) is 8.11. The van der Waals surface area contributed by atoms with Gasteiger partial charge in [-0.25, -0.2) is 9.78 Å². The number of hydrogen-bond acceptors (Lipinski definition) is 3. The van der Waals surface area contributed by atoms with E-state index in [0.717, 1.165) is 55.9 Å². The number of nitrogens with one attached hydrogen (secondary N) is 1. The Morgan fingerprint density at radius 3 is 2.67 bits per heavy atom. The summed E-state index contributed by atoms with van der Waals surface area (Å²) in [6, 6.07) is 4.72. The number of aromatic nitrogens is 3. The number of aryl methyl sites for hydroxylation is 1. The van der Waals surface area contributed by atoms with Crippen molar-refractivity contribution in [2.75, 3.05) is 13.1 Å². The lowest BCUT2D eigenvalue weighted by Gasteiger charge is -2.36. The van der Waals surface area contributed by atoms with E-state index >= 15 is 0 Å². The van der Waals surface area contributed by atoms with E-state index in [-0.39, 0.29) is 12.1 Å². The molecule has 0 radical (unpaired) electrons. The Labute approximate surface area is 161 Å². The van der Waals surface area contributed by atoms with E-state index < -0.39 is 0 Å². The summed E-state index contributed by atoms with van der Waals surface area (Å²) in [6.45, 7) is 3.68. The molecule has 1 unspecified atom stereocenters. The summed E-state index contributed by atoms with van der Waals surface area (Å²) in [6.07, 6.45) is 13.6. The zero-order chi connectivity index (χ0) is 18.6. The smallest absolute Gasteiger partial charge is 0.317 e. The fourth-order valence-electron chi connectivity index (χ4n) is 4.48. The molecule has 0 aromatic carbocycles. The topological polar surface area (TPSA) is 63.1 Å². The molecule has 2 amide bonds. The summed E-state index contributed by atoms with van der Waals surface area (Å²) < 4.78 is 2.30. The maximum atomic E-state index is 12.8. The van der Waals surface area contributed by atoms with E-state index in [2.05, 4.69) is 26.8 Å². The molecule has 0 bridgehead atoms. The molecule has 1 saturated carbocycles. The number of pyridine rings is 1. The Balaban J connectivity index is 1.49. The van der Waals surface area contributed by atoms with Crippen molar-refractivity contribution in [3.05, 3.63) is 36.4 Å². The first-order valence-corrected chi connectivity index (χ1v) is 10.2. The standard InChI is InChI=1S/C21H29N5O/c1-16-14-23-20(17-9-11-22-12-10-17)26(16)19-8-5-13-25(15-19)21(27)24-18-6-3-2-4-7-18/h9-12,14,18-19H,2-8,13,15H2,1H3,(H,24,27). The molecule has 2 fully saturated rings. The van der Waals surface area contributed by atoms with Crippen molar-refractivity contribution in [1.29, 1.82) is 0 Å². The third-order valence-corrected chi connectivity index (χ3v) is 5.90. The Morgan fingerprint density at radius 1 is 1.11 bits per heavy atom. The summed E-state index contributed by atoms with van der Waals surface area (Å²) in [4.78, 5) is 23.6. The highest BCUT2D eigenvalue weighted by atomic mass is 16.2. The molecule has 4 rings (SSSR count). The summed E-state index contributed by atoms with van der Waals surface area (Å²) in [5.74, 6) is 0.967. The van der Waals surface area contributed by atoms with Crippen LogP contribution < -0.4 is 5.32 Å². The first-order chi connectivity index (χ1) is 13.2. The average Bonchev–Trinajstić information content (AvgIpc) is 3.11. The summed E-state index contributed by atoms with van der Waals surface area (Å²) in [7, 11) is 0. The monoisotopic (exact) mass is 367 g/mol. The van der Waals surface area contributed by atoms with Gasteiger partial charge >= 0.3 is 6.03 Å². The molecule has 1 aliphatic carbocycles. The summed E-state index contributed by atoms with van der Waals surface area (Å²) in [5.41, 5.74) is 2.21. The maximum absolute atomic E-state index is 12.8. The summed E-state index contributed by atoms with van der Waals surface area (Å²) >= 11 is 0. The van der Waals surface area contributed by atoms with Gasteiger partial charge in [0.1, 0.15) is 5.82 Å². The molecule has 2 aliphatic rings. The van der Waals surface area contributed by atoms with Gasteiger partial charge in [0.05, 0.1) is 6.04 Å². The van der Waals surface area contributed by atoms with Crippen LogP contribution >= 0.6 is 0 Å². The van der Waals surface area contributed by atoms with Gasteiger partial charge in [0.15, 0.2) is 0 Å². The van der Waals surface area contributed by atoms with Gasteiger partial charge in [-0.2, -0.15) is 0 Å². The Kier molecular flexibility index (Phi) is 5.41. The predicted molar refractivity (Wildman–Crippen MR) is 105 cm³/mol. The molecule has 6 nitrogen and oxygen atoms in total. The van der Waals surface area contributed by atoms with Crippen LogP contribution in [0.2, 0.25) is 0 Å². The van der Waals surface area contributed by atoms with Crippen LogP contribution in [0.3, 0.4) is 0 Å². The van der Waals surface area contributed by atoms with E-state index in [9.17, 15) is 4.79 Å². The Morgan fingerprint density at radius 2 is 1.89 bits per heavy atom. The van der Waals surface area contributed by atoms with Crippen LogP contribution in [-0.4, -0.2) is 44.6 Å². The molecule has 27 heavy (non-hydrogen) atoms. The fraction of sp³-hybridized carbons (Fsp3) is 0.571. The lowest BCUT2D eigenvalue weighted by Crippen LogP contribution is -2.49. The van der Waals surface area contributed by atoms with Gasteiger partial charge in [-0.05, 0) is 44.7 Å². The van der Waals surface area contributed by atoms with Crippen LogP contribution in [0.15, 0.2) is 30.7 Å². The number of nitrogens with zero attached hydrogens (tertiary/aromatic N) is 4. The van der Waals surface area contributed by atoms with E-state index in [1.165, 1.54) is 19.3 Å². The van der Waals surface area contributed by atoms with Crippen molar-refractivity contribution in [2.24, 2.45) is 0 Å². The molecule has 1 N–H and O–H groups in total. The number of likely N-dealkylation sites (tertiary alicyclic amines) is 1. The van der Waals surface area contributed by atoms with Gasteiger partial charge in [-0.1, -0.05) is 19.3 Å². The predicted octanol–water partition coefficient (Wildman–Crippen LogP) is 3.93. The van der Waals surface area contributed by atoms with Gasteiger partial charge in [0, 0.05) is 49.0 Å². The molecule has 2 aromatic heterocycles. The van der Waals surface area contributed by atoms with Gasteiger partial charge in [0.25, 0.3) is 0 Å². The van der Waals surface area contributed by atoms with Crippen LogP contribution in [0.5, 0.6) is 0 Å². The first-order valence-electron chi connectivity index (χ1n) is 10.2. The van der Waals surface area contributed by atoms with E-state index in [1.807, 2.05) is 23.2 Å². The van der Waals surface area contributed by atoms with Crippen LogP contribution in [0, 0.1) is 6.92 Å². The molecular weight excluding hydrogens is 338 g/mol. The van der Waals surface area contributed by atoms with E-state index in [1.54, 1.807) is 12.4 Å². The van der Waals surface area contributed by atoms with Crippen molar-refractivity contribution in [3.63, 3.8) is 0 Å². The van der Waals surface area contributed by atoms with Crippen molar-refractivity contribution in [2.45, 2.75) is 64.0 Å². The molecular formula is C21H29N5O. The summed E-state index contributed by atoms with van der Waals surface area (Å²) in [5, 5.41) is 3.27. The molecule has 1 aliphatic heterocycles. The number of imidazole rings is 1. The zero-order valence-electron chi connectivity index (χ0n) is 16.1. The quantitative estimate of drug-likeness (QED) is 0.894. The molecule has 144 valence electrons. The minimum Gasteiger partial charge on any atom is -0.335 e. The minimum absolute atomic E-state index is 0.106. The number of piperidine rings is 1. The SMILES string of the molecule is Cc1cnc(-c2ccncc2)n1C1CCCN(C(=O)NC2CCCCC2)C1. The third-order valence-electron chi connectivity index (χ3n) is 5.90.